The van der Waals surface area contributed by atoms with E-state index >= 15 is 0 Å². The van der Waals surface area contributed by atoms with E-state index in [1.165, 1.54) is 104 Å². The fourth-order valence-electron chi connectivity index (χ4n) is 11.1. The summed E-state index contributed by atoms with van der Waals surface area (Å²) < 4.78 is 9.77. The van der Waals surface area contributed by atoms with Crippen molar-refractivity contribution in [3.05, 3.63) is 241 Å². The molecule has 0 saturated carbocycles. The van der Waals surface area contributed by atoms with Crippen LogP contribution in [0.25, 0.3) is 110 Å². The molecule has 4 heteroatoms. The molecule has 0 aliphatic heterocycles. The second-order valence-corrected chi connectivity index (χ2v) is 17.9. The van der Waals surface area contributed by atoms with Gasteiger partial charge in [0.15, 0.2) is 0 Å². The first-order valence-corrected chi connectivity index (χ1v) is 22.9. The first-order valence-electron chi connectivity index (χ1n) is 22.9. The highest BCUT2D eigenvalue weighted by Crippen LogP contribution is 2.42. The predicted octanol–water partition coefficient (Wildman–Crippen LogP) is 16.0. The van der Waals surface area contributed by atoms with Crippen molar-refractivity contribution in [2.45, 2.75) is 13.3 Å². The Kier molecular flexibility index (Phi) is 7.93. The molecule has 0 saturated heterocycles. The van der Waals surface area contributed by atoms with Crippen molar-refractivity contribution in [1.29, 1.82) is 0 Å². The minimum absolute atomic E-state index is 0.803. The molecule has 0 unspecified atom stereocenters. The Balaban J connectivity index is 0.945. The van der Waals surface area contributed by atoms with Crippen LogP contribution in [0.2, 0.25) is 0 Å². The van der Waals surface area contributed by atoms with E-state index in [1.807, 2.05) is 0 Å². The van der Waals surface area contributed by atoms with Crippen LogP contribution in [0.4, 0.5) is 0 Å². The molecule has 66 heavy (non-hydrogen) atoms. The van der Waals surface area contributed by atoms with Crippen molar-refractivity contribution < 1.29 is 0 Å². The van der Waals surface area contributed by atoms with Gasteiger partial charge < -0.3 is 18.3 Å². The maximum atomic E-state index is 2.47. The maximum absolute atomic E-state index is 2.47. The molecule has 0 amide bonds. The van der Waals surface area contributed by atoms with E-state index in [-0.39, 0.29) is 0 Å². The number of hydrogen-bond acceptors (Lipinski definition) is 0. The molecule has 0 fully saturated rings. The lowest BCUT2D eigenvalue weighted by molar-refractivity contribution is 1.13. The van der Waals surface area contributed by atoms with Gasteiger partial charge >= 0.3 is 0 Å². The summed E-state index contributed by atoms with van der Waals surface area (Å²) in [6.45, 7) is 2.19. The Morgan fingerprint density at radius 2 is 0.636 bits per heavy atom. The second kappa shape index (κ2) is 14.2. The number of para-hydroxylation sites is 5. The lowest BCUT2D eigenvalue weighted by Crippen LogP contribution is -1.97. The van der Waals surface area contributed by atoms with E-state index in [4.69, 9.17) is 0 Å². The largest absolute Gasteiger partial charge is 0.309 e. The first-order chi connectivity index (χ1) is 32.6. The molecule has 4 aromatic heterocycles. The topological polar surface area (TPSA) is 19.7 Å². The monoisotopic (exact) mass is 842 g/mol. The smallest absolute Gasteiger partial charge is 0.0562 e. The summed E-state index contributed by atoms with van der Waals surface area (Å²) in [5.41, 5.74) is 18.1. The van der Waals surface area contributed by atoms with Gasteiger partial charge in [-0.1, -0.05) is 121 Å². The average molecular weight is 843 g/mol. The highest BCUT2D eigenvalue weighted by Gasteiger charge is 2.21. The van der Waals surface area contributed by atoms with Crippen LogP contribution in [-0.4, -0.2) is 18.3 Å². The summed E-state index contributed by atoms with van der Waals surface area (Å²) >= 11 is 0. The number of aromatic nitrogens is 4. The number of nitrogens with zero attached hydrogens (tertiary/aromatic N) is 4. The van der Waals surface area contributed by atoms with E-state index in [0.717, 1.165) is 29.2 Å². The zero-order valence-electron chi connectivity index (χ0n) is 36.4. The highest BCUT2D eigenvalue weighted by molar-refractivity contribution is 6.20. The highest BCUT2D eigenvalue weighted by atomic mass is 15.0. The normalized spacial score (nSPS) is 12.1. The summed E-state index contributed by atoms with van der Waals surface area (Å²) in [5.74, 6) is 0. The van der Waals surface area contributed by atoms with Crippen LogP contribution in [0.3, 0.4) is 0 Å². The van der Waals surface area contributed by atoms with Crippen molar-refractivity contribution in [3.8, 4) is 22.7 Å². The van der Waals surface area contributed by atoms with Crippen LogP contribution in [0.5, 0.6) is 0 Å². The maximum Gasteiger partial charge on any atom is 0.0562 e. The predicted molar refractivity (Wildman–Crippen MR) is 278 cm³/mol. The molecule has 4 heterocycles. The Morgan fingerprint density at radius 1 is 0.242 bits per heavy atom. The Bertz CT molecular complexity index is 4240. The molecule has 14 rings (SSSR count). The van der Waals surface area contributed by atoms with Gasteiger partial charge in [0.25, 0.3) is 0 Å². The van der Waals surface area contributed by atoms with Crippen molar-refractivity contribution in [3.63, 3.8) is 0 Å². The molecular formula is C62H42N4. The average Bonchev–Trinajstić information content (AvgIpc) is 4.07. The number of aryl methyl sites for hydroxylation is 1. The van der Waals surface area contributed by atoms with Gasteiger partial charge in [0.05, 0.1) is 44.1 Å². The molecule has 14 aromatic rings. The van der Waals surface area contributed by atoms with Gasteiger partial charge in [-0.2, -0.15) is 0 Å². The summed E-state index contributed by atoms with van der Waals surface area (Å²) in [6, 6.07) is 82.9. The molecule has 4 nitrogen and oxygen atoms in total. The molecule has 10 aromatic carbocycles. The molecular weight excluding hydrogens is 801 g/mol. The van der Waals surface area contributed by atoms with Crippen LogP contribution < -0.4 is 0 Å². The fourth-order valence-corrected chi connectivity index (χ4v) is 11.1. The zero-order chi connectivity index (χ0) is 43.5. The lowest BCUT2D eigenvalue weighted by atomic mass is 10.0. The van der Waals surface area contributed by atoms with E-state index < -0.39 is 0 Å². The van der Waals surface area contributed by atoms with Crippen LogP contribution in [0.1, 0.15) is 16.7 Å². The standard InChI is InChI=1S/C62H42N4/c1-40-28-30-57-49(32-40)52-36-51-47-24-11-14-27-56(47)66(61(51)39-62(52)65(57)45-21-9-4-10-22-45)46-23-15-16-41(34-46)33-42-29-31-58-50(35-42)54-38-59-53(37-60(54)64(58)44-19-7-3-8-20-44)48-25-12-13-26-55(48)63(59)43-17-5-2-6-18-43/h2-32,34-39H,33H2,1H3. The van der Waals surface area contributed by atoms with Crippen molar-refractivity contribution in [2.75, 3.05) is 0 Å². The Hall–Kier alpha value is -8.60. The van der Waals surface area contributed by atoms with Crippen molar-refractivity contribution in [2.24, 2.45) is 0 Å². The summed E-state index contributed by atoms with van der Waals surface area (Å²) in [6.07, 6.45) is 0.803. The molecule has 0 aliphatic carbocycles. The van der Waals surface area contributed by atoms with Crippen LogP contribution in [0, 0.1) is 6.92 Å². The van der Waals surface area contributed by atoms with Gasteiger partial charge in [-0.3, -0.25) is 0 Å². The third-order valence-electron chi connectivity index (χ3n) is 14.0. The van der Waals surface area contributed by atoms with Crippen LogP contribution >= 0.6 is 0 Å². The summed E-state index contributed by atoms with van der Waals surface area (Å²) in [4.78, 5) is 0. The summed E-state index contributed by atoms with van der Waals surface area (Å²) in [5, 5.41) is 10.1. The SMILES string of the molecule is Cc1ccc2c(c1)c1cc3c4ccccc4n(-c4cccc(Cc5ccc6c(c5)c5cc7c(cc5n6-c5ccccc5)c5ccccc5n7-c5ccccc5)c4)c3cc1n2-c1ccccc1. The molecule has 0 aliphatic rings. The molecule has 0 radical (unpaired) electrons. The Morgan fingerprint density at radius 3 is 1.23 bits per heavy atom. The third kappa shape index (κ3) is 5.45. The van der Waals surface area contributed by atoms with E-state index in [9.17, 15) is 0 Å². The Labute approximate surface area is 381 Å². The molecule has 0 spiro atoms. The van der Waals surface area contributed by atoms with Gasteiger partial charge in [-0.15, -0.1) is 0 Å². The van der Waals surface area contributed by atoms with Crippen molar-refractivity contribution in [1.82, 2.24) is 18.3 Å². The number of hydrogen-bond donors (Lipinski definition) is 0. The molecule has 310 valence electrons. The van der Waals surface area contributed by atoms with Gasteiger partial charge in [0, 0.05) is 65.8 Å². The fraction of sp³-hybridized carbons (Fsp3) is 0.0323. The first kappa shape index (κ1) is 36.8. The molecule has 0 bridgehead atoms. The van der Waals surface area contributed by atoms with E-state index in [1.54, 1.807) is 0 Å². The van der Waals surface area contributed by atoms with E-state index in [2.05, 4.69) is 250 Å². The molecule has 0 N–H and O–H groups in total. The number of benzene rings is 10. The van der Waals surface area contributed by atoms with Crippen LogP contribution in [-0.2, 0) is 6.42 Å². The number of rotatable bonds is 6. The van der Waals surface area contributed by atoms with Gasteiger partial charge in [0.2, 0.25) is 0 Å². The third-order valence-corrected chi connectivity index (χ3v) is 14.0. The minimum atomic E-state index is 0.803. The number of fused-ring (bicyclic) bond motifs is 12. The van der Waals surface area contributed by atoms with Gasteiger partial charge in [0.1, 0.15) is 0 Å². The zero-order valence-corrected chi connectivity index (χ0v) is 36.4. The van der Waals surface area contributed by atoms with Crippen LogP contribution in [0.15, 0.2) is 224 Å². The quantitative estimate of drug-likeness (QED) is 0.159. The lowest BCUT2D eigenvalue weighted by Gasteiger charge is -2.12. The minimum Gasteiger partial charge on any atom is -0.309 e. The van der Waals surface area contributed by atoms with E-state index in [0.29, 0.717) is 0 Å². The molecule has 0 atom stereocenters. The van der Waals surface area contributed by atoms with Gasteiger partial charge in [-0.25, -0.2) is 0 Å². The van der Waals surface area contributed by atoms with Crippen molar-refractivity contribution >= 4 is 87.2 Å². The second-order valence-electron chi connectivity index (χ2n) is 17.9. The van der Waals surface area contributed by atoms with Gasteiger partial charge in [-0.05, 0) is 134 Å². The summed E-state index contributed by atoms with van der Waals surface area (Å²) in [7, 11) is 0.